The molecule has 2 amide bonds. The number of carbonyl (C=O) groups is 2. The van der Waals surface area contributed by atoms with Crippen LogP contribution in [0.3, 0.4) is 0 Å². The number of aliphatic hydroxyl groups is 2. The molecular weight excluding hydrogens is 548 g/mol. The first-order valence-corrected chi connectivity index (χ1v) is 15.2. The summed E-state index contributed by atoms with van der Waals surface area (Å²) in [5.41, 5.74) is 7.94. The van der Waals surface area contributed by atoms with Crippen LogP contribution in [0, 0.1) is 29.6 Å². The Morgan fingerprint density at radius 2 is 1.79 bits per heavy atom. The molecule has 1 aromatic rings. The largest absolute Gasteiger partial charge is 0.482 e. The lowest BCUT2D eigenvalue weighted by Gasteiger charge is -2.33. The minimum Gasteiger partial charge on any atom is -0.482 e. The summed E-state index contributed by atoms with van der Waals surface area (Å²) in [6, 6.07) is 5.62. The maximum atomic E-state index is 12.3. The summed E-state index contributed by atoms with van der Waals surface area (Å²) in [4.78, 5) is 25.4. The number of hydrogen-bond donors (Lipinski definition) is 3. The zero-order valence-corrected chi connectivity index (χ0v) is 27.0. The Labute approximate surface area is 257 Å². The monoisotopic (exact) mass is 600 g/mol. The minimum atomic E-state index is -0.848. The average Bonchev–Trinajstić information content (AvgIpc) is 2.97. The van der Waals surface area contributed by atoms with E-state index in [0.717, 1.165) is 17.6 Å². The van der Waals surface area contributed by atoms with Gasteiger partial charge in [0.2, 0.25) is 0 Å². The summed E-state index contributed by atoms with van der Waals surface area (Å²) in [6.07, 6.45) is 8.71. The number of carbonyl (C=O) groups excluding carboxylic acids is 2. The molecule has 0 spiro atoms. The molecule has 9 heteroatoms. The number of allylic oxidation sites excluding steroid dienone is 2. The molecule has 0 aromatic heterocycles. The summed E-state index contributed by atoms with van der Waals surface area (Å²) in [5, 5.41) is 22.2. The topological polar surface area (TPSA) is 132 Å². The molecule has 2 rings (SSSR count). The standard InChI is InChI=1S/C34H52N2O7/c1-9-10-11-23(4)33(43-34(35)40)26(7)32(39)25(6)17-21(2)16-24(5)31(38)22(3)12-13-27-14-15-29-28(18-27)36(20-41-8)30(37)19-42-29/h10-16,18,22-26,31-33,38-39H,9,17,19-20H2,1-8H3,(H2,35,40)/t22?,23?,24-,25-,26-,31-,32+,33-/m0/s1. The molecule has 0 radical (unpaired) electrons. The molecule has 240 valence electrons. The van der Waals surface area contributed by atoms with E-state index in [-0.39, 0.29) is 48.8 Å². The van der Waals surface area contributed by atoms with Crippen LogP contribution in [-0.4, -0.2) is 61.0 Å². The van der Waals surface area contributed by atoms with E-state index in [1.807, 2.05) is 91.0 Å². The number of rotatable bonds is 16. The maximum Gasteiger partial charge on any atom is 0.404 e. The lowest BCUT2D eigenvalue weighted by molar-refractivity contribution is -0.122. The number of hydrogen-bond acceptors (Lipinski definition) is 7. The third kappa shape index (κ3) is 10.5. The lowest BCUT2D eigenvalue weighted by Crippen LogP contribution is -2.41. The SMILES string of the molecule is CCC=CC(C)[C@H](OC(N)=O)[C@@H](C)[C@H](O)[C@@H](C)CC(C)=C[C@H](C)[C@@H](O)C(C)C=Cc1ccc2c(c1)N(COC)C(=O)CO2. The Morgan fingerprint density at radius 3 is 2.42 bits per heavy atom. The Balaban J connectivity index is 2.04. The van der Waals surface area contributed by atoms with Gasteiger partial charge in [-0.2, -0.15) is 0 Å². The van der Waals surface area contributed by atoms with Crippen molar-refractivity contribution in [2.24, 2.45) is 35.3 Å². The van der Waals surface area contributed by atoms with Crippen molar-refractivity contribution < 1.29 is 34.0 Å². The second-order valence-corrected chi connectivity index (χ2v) is 12.0. The summed E-state index contributed by atoms with van der Waals surface area (Å²) >= 11 is 0. The number of amides is 2. The summed E-state index contributed by atoms with van der Waals surface area (Å²) in [7, 11) is 1.54. The van der Waals surface area contributed by atoms with Crippen molar-refractivity contribution in [3.8, 4) is 5.75 Å². The van der Waals surface area contributed by atoms with Crippen LogP contribution in [0.15, 0.2) is 48.1 Å². The molecule has 8 atom stereocenters. The van der Waals surface area contributed by atoms with Gasteiger partial charge < -0.3 is 30.2 Å². The van der Waals surface area contributed by atoms with Crippen molar-refractivity contribution in [1.29, 1.82) is 0 Å². The van der Waals surface area contributed by atoms with Crippen molar-refractivity contribution in [2.75, 3.05) is 25.3 Å². The van der Waals surface area contributed by atoms with Crippen molar-refractivity contribution in [1.82, 2.24) is 0 Å². The number of anilines is 1. The van der Waals surface area contributed by atoms with E-state index in [0.29, 0.717) is 17.9 Å². The third-order valence-corrected chi connectivity index (χ3v) is 8.13. The fourth-order valence-electron chi connectivity index (χ4n) is 5.69. The molecule has 9 nitrogen and oxygen atoms in total. The minimum absolute atomic E-state index is 0.0174. The van der Waals surface area contributed by atoms with Crippen molar-refractivity contribution >= 4 is 23.8 Å². The molecule has 1 aliphatic rings. The van der Waals surface area contributed by atoms with Gasteiger partial charge in [-0.25, -0.2) is 4.79 Å². The van der Waals surface area contributed by atoms with Crippen LogP contribution in [0.2, 0.25) is 0 Å². The van der Waals surface area contributed by atoms with Gasteiger partial charge in [0.15, 0.2) is 6.61 Å². The average molecular weight is 601 g/mol. The number of ether oxygens (including phenoxy) is 3. The number of methoxy groups -OCH3 is 1. The van der Waals surface area contributed by atoms with Gasteiger partial charge in [-0.3, -0.25) is 9.69 Å². The van der Waals surface area contributed by atoms with Crippen molar-refractivity contribution in [3.05, 3.63) is 53.6 Å². The van der Waals surface area contributed by atoms with E-state index < -0.39 is 24.4 Å². The molecule has 1 aromatic carbocycles. The van der Waals surface area contributed by atoms with E-state index in [4.69, 9.17) is 19.9 Å². The molecule has 0 fully saturated rings. The second kappa shape index (κ2) is 17.2. The number of benzene rings is 1. The van der Waals surface area contributed by atoms with E-state index >= 15 is 0 Å². The maximum absolute atomic E-state index is 12.3. The Kier molecular flexibility index (Phi) is 14.4. The molecule has 4 N–H and O–H groups in total. The third-order valence-electron chi connectivity index (χ3n) is 8.13. The van der Waals surface area contributed by atoms with E-state index in [1.165, 1.54) is 0 Å². The summed E-state index contributed by atoms with van der Waals surface area (Å²) in [6.45, 7) is 13.9. The smallest absolute Gasteiger partial charge is 0.404 e. The highest BCUT2D eigenvalue weighted by Gasteiger charge is 2.33. The first-order valence-electron chi connectivity index (χ1n) is 15.2. The van der Waals surface area contributed by atoms with Crippen LogP contribution >= 0.6 is 0 Å². The van der Waals surface area contributed by atoms with Crippen molar-refractivity contribution in [3.63, 3.8) is 0 Å². The molecule has 1 heterocycles. The summed E-state index contributed by atoms with van der Waals surface area (Å²) < 4.78 is 16.1. The van der Waals surface area contributed by atoms with Crippen LogP contribution in [0.5, 0.6) is 5.75 Å². The van der Waals surface area contributed by atoms with Crippen molar-refractivity contribution in [2.45, 2.75) is 79.6 Å². The van der Waals surface area contributed by atoms with Crippen LogP contribution < -0.4 is 15.4 Å². The Morgan fingerprint density at radius 1 is 1.09 bits per heavy atom. The van der Waals surface area contributed by atoms with Gasteiger partial charge in [-0.1, -0.05) is 83.6 Å². The second-order valence-electron chi connectivity index (χ2n) is 12.0. The normalized spacial score (nSPS) is 19.7. The van der Waals surface area contributed by atoms with E-state index in [9.17, 15) is 19.8 Å². The molecule has 0 saturated heterocycles. The highest BCUT2D eigenvalue weighted by atomic mass is 16.6. The van der Waals surface area contributed by atoms with Gasteiger partial charge in [-0.15, -0.1) is 0 Å². The van der Waals surface area contributed by atoms with Gasteiger partial charge in [0.25, 0.3) is 5.91 Å². The zero-order chi connectivity index (χ0) is 32.3. The predicted octanol–water partition coefficient (Wildman–Crippen LogP) is 5.70. The molecule has 1 aliphatic heterocycles. The van der Waals surface area contributed by atoms with Crippen LogP contribution in [-0.2, 0) is 14.3 Å². The highest BCUT2D eigenvalue weighted by molar-refractivity contribution is 5.98. The van der Waals surface area contributed by atoms with Crippen LogP contribution in [0.1, 0.15) is 66.9 Å². The number of nitrogens with zero attached hydrogens (tertiary/aromatic N) is 1. The van der Waals surface area contributed by atoms with E-state index in [2.05, 4.69) is 6.08 Å². The predicted molar refractivity (Wildman–Crippen MR) is 170 cm³/mol. The van der Waals surface area contributed by atoms with Gasteiger partial charge in [0.05, 0.1) is 17.9 Å². The zero-order valence-electron chi connectivity index (χ0n) is 27.0. The van der Waals surface area contributed by atoms with Gasteiger partial charge in [0, 0.05) is 30.8 Å². The molecule has 0 saturated carbocycles. The van der Waals surface area contributed by atoms with Crippen LogP contribution in [0.25, 0.3) is 6.08 Å². The summed E-state index contributed by atoms with van der Waals surface area (Å²) in [5.74, 6) is -0.324. The number of nitrogens with two attached hydrogens (primary N) is 1. The lowest BCUT2D eigenvalue weighted by atomic mass is 9.81. The fraction of sp³-hybridized carbons (Fsp3) is 0.588. The van der Waals surface area contributed by atoms with Crippen LogP contribution in [0.4, 0.5) is 10.5 Å². The molecule has 0 bridgehead atoms. The van der Waals surface area contributed by atoms with Gasteiger partial charge in [-0.05, 0) is 43.4 Å². The van der Waals surface area contributed by atoms with Gasteiger partial charge >= 0.3 is 6.09 Å². The highest BCUT2D eigenvalue weighted by Crippen LogP contribution is 2.34. The number of primary amides is 1. The quantitative estimate of drug-likeness (QED) is 0.208. The molecule has 2 unspecified atom stereocenters. The Bertz CT molecular complexity index is 1150. The van der Waals surface area contributed by atoms with E-state index in [1.54, 1.807) is 12.0 Å². The molecule has 0 aliphatic carbocycles. The fourth-order valence-corrected chi connectivity index (χ4v) is 5.69. The number of aliphatic hydroxyl groups excluding tert-OH is 2. The number of fused-ring (bicyclic) bond motifs is 1. The Hall–Kier alpha value is -3.14. The first kappa shape index (κ1) is 36.1. The molecular formula is C34H52N2O7. The first-order chi connectivity index (χ1) is 20.3. The van der Waals surface area contributed by atoms with Gasteiger partial charge in [0.1, 0.15) is 18.6 Å². The molecule has 43 heavy (non-hydrogen) atoms.